The number of hydrogen-bond donors (Lipinski definition) is 1. The van der Waals surface area contributed by atoms with Gasteiger partial charge >= 0.3 is 0 Å². The molecule has 0 bridgehead atoms. The molecule has 38 heavy (non-hydrogen) atoms. The molecule has 10 nitrogen and oxygen atoms in total. The van der Waals surface area contributed by atoms with Gasteiger partial charge in [-0.05, 0) is 47.8 Å². The Balaban J connectivity index is 1.34. The molecule has 0 saturated carbocycles. The average Bonchev–Trinajstić information content (AvgIpc) is 3.62. The summed E-state index contributed by atoms with van der Waals surface area (Å²) in [7, 11) is 3.23. The van der Waals surface area contributed by atoms with E-state index in [1.807, 2.05) is 41.0 Å². The minimum Gasteiger partial charge on any atom is -0.494 e. The number of furan rings is 1. The second-order valence-electron chi connectivity index (χ2n) is 8.52. The van der Waals surface area contributed by atoms with Crippen LogP contribution in [0.1, 0.15) is 11.3 Å². The summed E-state index contributed by atoms with van der Waals surface area (Å²) in [6.45, 7) is 4.12. The lowest BCUT2D eigenvalue weighted by molar-refractivity contribution is 0.0340. The molecular weight excluding hydrogens is 528 g/mol. The molecule has 0 unspecified atom stereocenters. The number of benzene rings is 1. The van der Waals surface area contributed by atoms with Crippen molar-refractivity contribution in [2.24, 2.45) is 0 Å². The van der Waals surface area contributed by atoms with E-state index in [4.69, 9.17) is 30.2 Å². The van der Waals surface area contributed by atoms with E-state index in [9.17, 15) is 0 Å². The summed E-state index contributed by atoms with van der Waals surface area (Å²) in [5.41, 5.74) is 2.84. The molecule has 1 aromatic carbocycles. The van der Waals surface area contributed by atoms with E-state index in [2.05, 4.69) is 24.8 Å². The summed E-state index contributed by atoms with van der Waals surface area (Å²) < 4.78 is 27.6. The van der Waals surface area contributed by atoms with Crippen LogP contribution in [0.15, 0.2) is 53.3 Å². The Labute approximate surface area is 230 Å². The van der Waals surface area contributed by atoms with Crippen LogP contribution in [0.3, 0.4) is 0 Å². The van der Waals surface area contributed by atoms with Crippen molar-refractivity contribution in [2.75, 3.05) is 51.0 Å². The third kappa shape index (κ3) is 5.91. The van der Waals surface area contributed by atoms with Gasteiger partial charge < -0.3 is 18.6 Å². The van der Waals surface area contributed by atoms with Crippen LogP contribution in [-0.2, 0) is 17.7 Å². The molecule has 0 spiro atoms. The maximum absolute atomic E-state index is 6.28. The number of hydrogen-bond acceptors (Lipinski definition) is 10. The van der Waals surface area contributed by atoms with E-state index in [1.54, 1.807) is 26.7 Å². The second kappa shape index (κ2) is 12.5. The van der Waals surface area contributed by atoms with Gasteiger partial charge in [0.1, 0.15) is 17.2 Å². The number of methoxy groups -OCH3 is 2. The molecule has 0 amide bonds. The molecule has 1 N–H and O–H groups in total. The first-order valence-corrected chi connectivity index (χ1v) is 13.6. The van der Waals surface area contributed by atoms with Crippen molar-refractivity contribution in [2.45, 2.75) is 13.0 Å². The van der Waals surface area contributed by atoms with Gasteiger partial charge in [-0.3, -0.25) is 19.2 Å². The molecule has 0 radical (unpaired) electrons. The van der Waals surface area contributed by atoms with E-state index in [0.29, 0.717) is 39.7 Å². The number of ether oxygens (including phenoxy) is 3. The topological polar surface area (TPSA) is 99.7 Å². The maximum atomic E-state index is 6.28. The first-order chi connectivity index (χ1) is 18.7. The smallest absolute Gasteiger partial charge is 0.239 e. The Kier molecular flexibility index (Phi) is 8.69. The van der Waals surface area contributed by atoms with Crippen LogP contribution in [0.4, 0.5) is 5.95 Å². The summed E-state index contributed by atoms with van der Waals surface area (Å²) in [6.07, 6.45) is 4.06. The summed E-state index contributed by atoms with van der Waals surface area (Å²) in [5.74, 6) is 3.58. The van der Waals surface area contributed by atoms with Crippen LogP contribution in [0.25, 0.3) is 17.3 Å². The van der Waals surface area contributed by atoms with Crippen molar-refractivity contribution in [3.63, 3.8) is 0 Å². The Hall–Kier alpha value is -3.25. The molecule has 1 aliphatic rings. The predicted octanol–water partition coefficient (Wildman–Crippen LogP) is 4.73. The number of morpholine rings is 1. The van der Waals surface area contributed by atoms with Crippen molar-refractivity contribution in [1.29, 1.82) is 0 Å². The molecule has 1 aliphatic heterocycles. The largest absolute Gasteiger partial charge is 0.494 e. The highest BCUT2D eigenvalue weighted by molar-refractivity contribution is 8.00. The fourth-order valence-electron chi connectivity index (χ4n) is 4.31. The highest BCUT2D eigenvalue weighted by Gasteiger charge is 2.23. The van der Waals surface area contributed by atoms with E-state index >= 15 is 0 Å². The molecule has 5 rings (SSSR count). The molecule has 4 aromatic rings. The van der Waals surface area contributed by atoms with Gasteiger partial charge in [0.25, 0.3) is 0 Å². The molecule has 200 valence electrons. The number of aryl methyl sites for hydroxylation is 1. The highest BCUT2D eigenvalue weighted by Crippen LogP contribution is 2.38. The lowest BCUT2D eigenvalue weighted by Crippen LogP contribution is -2.36. The van der Waals surface area contributed by atoms with Crippen LogP contribution in [0.5, 0.6) is 11.5 Å². The number of anilines is 1. The maximum Gasteiger partial charge on any atom is 0.239 e. The number of pyridine rings is 1. The normalized spacial score (nSPS) is 14.0. The highest BCUT2D eigenvalue weighted by atomic mass is 35.5. The van der Waals surface area contributed by atoms with Gasteiger partial charge in [0.05, 0.1) is 38.7 Å². The zero-order chi connectivity index (χ0) is 26.3. The Bertz CT molecular complexity index is 1320. The van der Waals surface area contributed by atoms with Crippen LogP contribution in [0.2, 0.25) is 5.02 Å². The van der Waals surface area contributed by atoms with Crippen LogP contribution in [-0.4, -0.2) is 70.9 Å². The number of halogens is 1. The van der Waals surface area contributed by atoms with Gasteiger partial charge in [-0.2, -0.15) is 0 Å². The van der Waals surface area contributed by atoms with Crippen LogP contribution in [0, 0.1) is 0 Å². The standard InChI is InChI=1S/C26H29ClN6O4S/c1-34-21-5-3-6-22(35-2)24(21)33-25(23-7-4-11-37-23)29-30-26(33)31-38-14-8-20-18(15-19(27)16-28-20)17-32-9-12-36-13-10-32/h3-7,11,15-16H,8-10,12-14,17H2,1-2H3,(H,30,31). The molecule has 1 fully saturated rings. The summed E-state index contributed by atoms with van der Waals surface area (Å²) >= 11 is 7.79. The van der Waals surface area contributed by atoms with Gasteiger partial charge in [0, 0.05) is 43.7 Å². The van der Waals surface area contributed by atoms with E-state index in [1.165, 1.54) is 11.9 Å². The average molecular weight is 557 g/mol. The van der Waals surface area contributed by atoms with Crippen molar-refractivity contribution < 1.29 is 18.6 Å². The minimum atomic E-state index is 0.516. The number of rotatable bonds is 11. The van der Waals surface area contributed by atoms with Gasteiger partial charge in [0.2, 0.25) is 11.8 Å². The van der Waals surface area contributed by atoms with E-state index in [0.717, 1.165) is 56.3 Å². The fourth-order valence-corrected chi connectivity index (χ4v) is 5.15. The van der Waals surface area contributed by atoms with Gasteiger partial charge in [-0.15, -0.1) is 10.2 Å². The minimum absolute atomic E-state index is 0.516. The molecule has 0 atom stereocenters. The lowest BCUT2D eigenvalue weighted by atomic mass is 10.1. The third-order valence-corrected chi connectivity index (χ3v) is 7.10. The summed E-state index contributed by atoms with van der Waals surface area (Å²) in [5, 5.41) is 9.46. The summed E-state index contributed by atoms with van der Waals surface area (Å²) in [6, 6.07) is 11.3. The Morgan fingerprint density at radius 3 is 2.58 bits per heavy atom. The quantitative estimate of drug-likeness (QED) is 0.206. The zero-order valence-corrected chi connectivity index (χ0v) is 22.8. The Morgan fingerprint density at radius 1 is 1.08 bits per heavy atom. The number of aromatic nitrogens is 4. The van der Waals surface area contributed by atoms with Gasteiger partial charge in [-0.25, -0.2) is 0 Å². The number of para-hydroxylation sites is 1. The second-order valence-corrected chi connectivity index (χ2v) is 9.86. The van der Waals surface area contributed by atoms with Gasteiger partial charge in [0.15, 0.2) is 5.76 Å². The molecular formula is C26H29ClN6O4S. The number of nitrogens with one attached hydrogen (secondary N) is 1. The lowest BCUT2D eigenvalue weighted by Gasteiger charge is -2.27. The summed E-state index contributed by atoms with van der Waals surface area (Å²) in [4.78, 5) is 6.99. The van der Waals surface area contributed by atoms with E-state index in [-0.39, 0.29) is 0 Å². The number of nitrogens with zero attached hydrogens (tertiary/aromatic N) is 5. The van der Waals surface area contributed by atoms with Crippen molar-refractivity contribution >= 4 is 29.5 Å². The SMILES string of the molecule is COc1cccc(OC)c1-n1c(NSCCc2ncc(Cl)cc2CN2CCOCC2)nnc1-c1ccco1. The Morgan fingerprint density at radius 2 is 1.87 bits per heavy atom. The van der Waals surface area contributed by atoms with Crippen molar-refractivity contribution in [1.82, 2.24) is 24.6 Å². The van der Waals surface area contributed by atoms with Crippen LogP contribution < -0.4 is 14.2 Å². The molecule has 0 aliphatic carbocycles. The van der Waals surface area contributed by atoms with Crippen molar-refractivity contribution in [3.05, 3.63) is 65.1 Å². The molecule has 1 saturated heterocycles. The molecule has 3 aromatic heterocycles. The zero-order valence-electron chi connectivity index (χ0n) is 21.2. The predicted molar refractivity (Wildman–Crippen MR) is 147 cm³/mol. The molecule has 4 heterocycles. The third-order valence-electron chi connectivity index (χ3n) is 6.16. The first kappa shape index (κ1) is 26.4. The molecule has 12 heteroatoms. The van der Waals surface area contributed by atoms with Crippen LogP contribution >= 0.6 is 23.5 Å². The fraction of sp³-hybridized carbons (Fsp3) is 0.346. The van der Waals surface area contributed by atoms with Gasteiger partial charge in [-0.1, -0.05) is 17.7 Å². The first-order valence-electron chi connectivity index (χ1n) is 12.2. The van der Waals surface area contributed by atoms with E-state index < -0.39 is 0 Å². The monoisotopic (exact) mass is 556 g/mol. The van der Waals surface area contributed by atoms with Crippen molar-refractivity contribution in [3.8, 4) is 28.8 Å².